The van der Waals surface area contributed by atoms with Crippen molar-refractivity contribution in [3.05, 3.63) is 24.0 Å². The minimum atomic E-state index is -2.56. The van der Waals surface area contributed by atoms with E-state index in [1.165, 1.54) is 18.3 Å². The first-order chi connectivity index (χ1) is 6.59. The van der Waals surface area contributed by atoms with Crippen molar-refractivity contribution < 1.29 is 18.3 Å². The normalized spacial score (nSPS) is 10.2. The van der Waals surface area contributed by atoms with E-state index in [4.69, 9.17) is 5.73 Å². The molecule has 14 heavy (non-hydrogen) atoms. The van der Waals surface area contributed by atoms with Crippen molar-refractivity contribution in [2.24, 2.45) is 5.73 Å². The number of carbonyl (C=O) groups excluding carboxylic acids is 1. The van der Waals surface area contributed by atoms with Crippen LogP contribution in [-0.4, -0.2) is 23.9 Å². The molecule has 0 saturated carbocycles. The maximum Gasteiger partial charge on any atom is 0.272 e. The highest BCUT2D eigenvalue weighted by molar-refractivity contribution is 5.91. The van der Waals surface area contributed by atoms with Crippen molar-refractivity contribution in [2.75, 3.05) is 6.61 Å². The Bertz CT molecular complexity index is 331. The van der Waals surface area contributed by atoms with E-state index in [1.54, 1.807) is 0 Å². The predicted molar refractivity (Wildman–Crippen MR) is 44.3 cm³/mol. The van der Waals surface area contributed by atoms with Gasteiger partial charge in [0.15, 0.2) is 0 Å². The Kier molecular flexibility index (Phi) is 3.33. The number of nitrogens with zero attached hydrogens (tertiary/aromatic N) is 1. The first-order valence-corrected chi connectivity index (χ1v) is 3.76. The maximum atomic E-state index is 11.7. The summed E-state index contributed by atoms with van der Waals surface area (Å²) in [6.07, 6.45) is -1.29. The molecule has 0 saturated heterocycles. The van der Waals surface area contributed by atoms with Gasteiger partial charge in [0.2, 0.25) is 0 Å². The van der Waals surface area contributed by atoms with Crippen molar-refractivity contribution in [2.45, 2.75) is 6.43 Å². The molecule has 4 nitrogen and oxygen atoms in total. The lowest BCUT2D eigenvalue weighted by Crippen LogP contribution is -2.13. The summed E-state index contributed by atoms with van der Waals surface area (Å²) >= 11 is 0. The van der Waals surface area contributed by atoms with Crippen molar-refractivity contribution in [1.29, 1.82) is 0 Å². The lowest BCUT2D eigenvalue weighted by molar-refractivity contribution is 0.0817. The summed E-state index contributed by atoms with van der Waals surface area (Å²) in [4.78, 5) is 14.3. The van der Waals surface area contributed by atoms with Crippen LogP contribution in [0, 0.1) is 0 Å². The number of halogens is 2. The number of alkyl halides is 2. The SMILES string of the molecule is NC(=O)c1cc(OCC(F)F)ccn1. The Labute approximate surface area is 78.7 Å². The minimum absolute atomic E-state index is 0.0169. The van der Waals surface area contributed by atoms with Gasteiger partial charge in [-0.1, -0.05) is 0 Å². The van der Waals surface area contributed by atoms with Gasteiger partial charge in [-0.15, -0.1) is 0 Å². The number of rotatable bonds is 4. The van der Waals surface area contributed by atoms with Crippen LogP contribution >= 0.6 is 0 Å². The number of primary amides is 1. The van der Waals surface area contributed by atoms with Gasteiger partial charge in [-0.3, -0.25) is 9.78 Å². The largest absolute Gasteiger partial charge is 0.488 e. The van der Waals surface area contributed by atoms with Crippen LogP contribution in [0.3, 0.4) is 0 Å². The number of amides is 1. The van der Waals surface area contributed by atoms with Crippen LogP contribution in [0.2, 0.25) is 0 Å². The van der Waals surface area contributed by atoms with E-state index in [0.29, 0.717) is 0 Å². The molecular formula is C8H8F2N2O2. The molecule has 0 bridgehead atoms. The van der Waals surface area contributed by atoms with Gasteiger partial charge in [-0.05, 0) is 6.07 Å². The molecule has 1 aromatic heterocycles. The Morgan fingerprint density at radius 1 is 1.64 bits per heavy atom. The van der Waals surface area contributed by atoms with Crippen molar-refractivity contribution in [1.82, 2.24) is 4.98 Å². The summed E-state index contributed by atoms with van der Waals surface area (Å²) in [6, 6.07) is 2.58. The quantitative estimate of drug-likeness (QED) is 0.786. The molecule has 2 N–H and O–H groups in total. The maximum absolute atomic E-state index is 11.7. The first kappa shape index (κ1) is 10.4. The van der Waals surface area contributed by atoms with Gasteiger partial charge < -0.3 is 10.5 Å². The van der Waals surface area contributed by atoms with Crippen LogP contribution in [0.15, 0.2) is 18.3 Å². The van der Waals surface area contributed by atoms with Gasteiger partial charge in [0, 0.05) is 12.3 Å². The molecular weight excluding hydrogens is 194 g/mol. The third-order valence-corrected chi connectivity index (χ3v) is 1.36. The summed E-state index contributed by atoms with van der Waals surface area (Å²) in [7, 11) is 0. The molecule has 1 rings (SSSR count). The van der Waals surface area contributed by atoms with Gasteiger partial charge >= 0.3 is 0 Å². The lowest BCUT2D eigenvalue weighted by Gasteiger charge is -2.05. The number of hydrogen-bond donors (Lipinski definition) is 1. The van der Waals surface area contributed by atoms with Crippen molar-refractivity contribution >= 4 is 5.91 Å². The molecule has 0 aliphatic rings. The fourth-order valence-electron chi connectivity index (χ4n) is 0.795. The van der Waals surface area contributed by atoms with Gasteiger partial charge in [0.05, 0.1) is 0 Å². The van der Waals surface area contributed by atoms with E-state index in [2.05, 4.69) is 9.72 Å². The van der Waals surface area contributed by atoms with Crippen LogP contribution in [0.25, 0.3) is 0 Å². The molecule has 0 radical (unpaired) electrons. The van der Waals surface area contributed by atoms with Crippen LogP contribution in [0.5, 0.6) is 5.75 Å². The number of hydrogen-bond acceptors (Lipinski definition) is 3. The molecule has 0 aromatic carbocycles. The van der Waals surface area contributed by atoms with Crippen LogP contribution in [0.1, 0.15) is 10.5 Å². The Morgan fingerprint density at radius 3 is 2.93 bits per heavy atom. The second kappa shape index (κ2) is 4.50. The minimum Gasteiger partial charge on any atom is -0.488 e. The summed E-state index contributed by atoms with van der Waals surface area (Å²) in [6.45, 7) is -0.720. The Balaban J connectivity index is 2.69. The zero-order valence-electron chi connectivity index (χ0n) is 7.11. The fraction of sp³-hybridized carbons (Fsp3) is 0.250. The molecule has 0 spiro atoms. The van der Waals surface area contributed by atoms with Crippen molar-refractivity contribution in [3.63, 3.8) is 0 Å². The number of aromatic nitrogens is 1. The summed E-state index contributed by atoms with van der Waals surface area (Å²) in [5, 5.41) is 0. The number of ether oxygens (including phenoxy) is 1. The third kappa shape index (κ3) is 2.96. The van der Waals surface area contributed by atoms with Crippen molar-refractivity contribution in [3.8, 4) is 5.75 Å². The topological polar surface area (TPSA) is 65.2 Å². The highest BCUT2D eigenvalue weighted by atomic mass is 19.3. The molecule has 0 fully saturated rings. The highest BCUT2D eigenvalue weighted by Gasteiger charge is 2.06. The van der Waals surface area contributed by atoms with E-state index in [9.17, 15) is 13.6 Å². The standard InChI is InChI=1S/C8H8F2N2O2/c9-7(10)4-14-5-1-2-12-6(3-5)8(11)13/h1-3,7H,4H2,(H2,11,13). The van der Waals surface area contributed by atoms with Gasteiger partial charge in [-0.25, -0.2) is 8.78 Å². The summed E-state index contributed by atoms with van der Waals surface area (Å²) < 4.78 is 28.2. The van der Waals surface area contributed by atoms with Gasteiger partial charge in [0.1, 0.15) is 18.1 Å². The smallest absolute Gasteiger partial charge is 0.272 e. The van der Waals surface area contributed by atoms with E-state index < -0.39 is 18.9 Å². The van der Waals surface area contributed by atoms with Crippen LogP contribution < -0.4 is 10.5 Å². The fourth-order valence-corrected chi connectivity index (χ4v) is 0.795. The average molecular weight is 202 g/mol. The van der Waals surface area contributed by atoms with E-state index in [1.807, 2.05) is 0 Å². The zero-order chi connectivity index (χ0) is 10.6. The lowest BCUT2D eigenvalue weighted by atomic mass is 10.3. The third-order valence-electron chi connectivity index (χ3n) is 1.36. The average Bonchev–Trinajstić information content (AvgIpc) is 2.15. The van der Waals surface area contributed by atoms with E-state index >= 15 is 0 Å². The second-order valence-corrected chi connectivity index (χ2v) is 2.44. The molecule has 1 heterocycles. The van der Waals surface area contributed by atoms with Gasteiger partial charge in [0.25, 0.3) is 12.3 Å². The first-order valence-electron chi connectivity index (χ1n) is 3.76. The highest BCUT2D eigenvalue weighted by Crippen LogP contribution is 2.11. The summed E-state index contributed by atoms with van der Waals surface area (Å²) in [5.41, 5.74) is 4.92. The number of nitrogens with two attached hydrogens (primary N) is 1. The molecule has 0 aliphatic carbocycles. The van der Waals surface area contributed by atoms with E-state index in [-0.39, 0.29) is 11.4 Å². The van der Waals surface area contributed by atoms with Crippen LogP contribution in [-0.2, 0) is 0 Å². The molecule has 1 aromatic rings. The molecule has 0 atom stereocenters. The van der Waals surface area contributed by atoms with Gasteiger partial charge in [-0.2, -0.15) is 0 Å². The molecule has 76 valence electrons. The zero-order valence-corrected chi connectivity index (χ0v) is 7.11. The number of pyridine rings is 1. The molecule has 0 unspecified atom stereocenters. The Morgan fingerprint density at radius 2 is 2.36 bits per heavy atom. The second-order valence-electron chi connectivity index (χ2n) is 2.44. The summed E-state index contributed by atoms with van der Waals surface area (Å²) in [5.74, 6) is -0.582. The monoisotopic (exact) mass is 202 g/mol. The van der Waals surface area contributed by atoms with E-state index in [0.717, 1.165) is 0 Å². The predicted octanol–water partition coefficient (Wildman–Crippen LogP) is 0.824. The molecule has 6 heteroatoms. The molecule has 1 amide bonds. The van der Waals surface area contributed by atoms with Crippen LogP contribution in [0.4, 0.5) is 8.78 Å². The molecule has 0 aliphatic heterocycles. The Hall–Kier alpha value is -1.72. The number of carbonyl (C=O) groups is 1.